The molecule has 0 radical (unpaired) electrons. The molecular weight excluding hydrogens is 474 g/mol. The minimum absolute atomic E-state index is 0.324. The lowest BCUT2D eigenvalue weighted by Crippen LogP contribution is -2.08. The van der Waals surface area contributed by atoms with E-state index in [0.717, 1.165) is 22.5 Å². The van der Waals surface area contributed by atoms with Crippen molar-refractivity contribution in [2.75, 3.05) is 39.1 Å². The van der Waals surface area contributed by atoms with Crippen LogP contribution in [0.2, 0.25) is 0 Å². The fourth-order valence-corrected chi connectivity index (χ4v) is 3.88. The number of nitrogens with zero attached hydrogens (tertiary/aromatic N) is 5. The van der Waals surface area contributed by atoms with Crippen LogP contribution in [0.1, 0.15) is 0 Å². The average molecular weight is 500 g/mol. The third-order valence-corrected chi connectivity index (χ3v) is 5.57. The van der Waals surface area contributed by atoms with E-state index in [4.69, 9.17) is 23.9 Å². The van der Waals surface area contributed by atoms with Crippen molar-refractivity contribution in [1.82, 2.24) is 24.5 Å². The number of rotatable bonds is 9. The van der Waals surface area contributed by atoms with Crippen LogP contribution >= 0.6 is 0 Å². The Morgan fingerprint density at radius 1 is 0.703 bits per heavy atom. The second-order valence-corrected chi connectivity index (χ2v) is 7.76. The van der Waals surface area contributed by atoms with Gasteiger partial charge in [-0.3, -0.25) is 0 Å². The summed E-state index contributed by atoms with van der Waals surface area (Å²) in [5, 5.41) is 6.54. The lowest BCUT2D eigenvalue weighted by molar-refractivity contribution is 0.324. The van der Waals surface area contributed by atoms with Gasteiger partial charge in [0.15, 0.2) is 11.5 Å². The van der Waals surface area contributed by atoms with Crippen molar-refractivity contribution in [2.45, 2.75) is 0 Å². The summed E-state index contributed by atoms with van der Waals surface area (Å²) < 4.78 is 23.5. The summed E-state index contributed by atoms with van der Waals surface area (Å²) in [6, 6.07) is 18.9. The molecule has 0 bridgehead atoms. The molecule has 2 aromatic heterocycles. The summed E-state index contributed by atoms with van der Waals surface area (Å²) in [5.41, 5.74) is 3.07. The molecule has 0 aliphatic carbocycles. The van der Waals surface area contributed by atoms with Crippen molar-refractivity contribution in [3.8, 4) is 28.9 Å². The summed E-state index contributed by atoms with van der Waals surface area (Å²) in [5.74, 6) is 3.47. The zero-order chi connectivity index (χ0) is 25.8. The number of hydrogen-bond acceptors (Lipinski definition) is 10. The number of benzene rings is 3. The van der Waals surface area contributed by atoms with E-state index < -0.39 is 0 Å². The van der Waals surface area contributed by atoms with Gasteiger partial charge >= 0.3 is 0 Å². The zero-order valence-electron chi connectivity index (χ0n) is 20.7. The van der Waals surface area contributed by atoms with Crippen molar-refractivity contribution in [2.24, 2.45) is 0 Å². The second-order valence-electron chi connectivity index (χ2n) is 7.76. The fourth-order valence-electron chi connectivity index (χ4n) is 3.88. The number of nitrogens with one attached hydrogen (secondary N) is 2. The molecular formula is C26H25N7O4. The van der Waals surface area contributed by atoms with Crippen LogP contribution in [0, 0.1) is 0 Å². The van der Waals surface area contributed by atoms with Gasteiger partial charge in [0.1, 0.15) is 12.1 Å². The molecule has 0 unspecified atom stereocenters. The maximum Gasteiger partial charge on any atom is 0.241 e. The highest BCUT2D eigenvalue weighted by molar-refractivity contribution is 5.81. The highest BCUT2D eigenvalue weighted by atomic mass is 16.5. The van der Waals surface area contributed by atoms with E-state index in [1.807, 2.05) is 53.1 Å². The molecule has 0 aliphatic heterocycles. The van der Waals surface area contributed by atoms with Crippen molar-refractivity contribution in [3.05, 3.63) is 67.0 Å². The third-order valence-electron chi connectivity index (χ3n) is 5.57. The van der Waals surface area contributed by atoms with Gasteiger partial charge in [-0.05, 0) is 24.3 Å². The van der Waals surface area contributed by atoms with Gasteiger partial charge in [-0.25, -0.2) is 19.5 Å². The number of ether oxygens (including phenoxy) is 4. The third kappa shape index (κ3) is 4.74. The lowest BCUT2D eigenvalue weighted by Gasteiger charge is -2.15. The maximum absolute atomic E-state index is 5.45. The number of anilines is 4. The summed E-state index contributed by atoms with van der Waals surface area (Å²) in [4.78, 5) is 18.2. The van der Waals surface area contributed by atoms with Gasteiger partial charge in [-0.2, -0.15) is 4.98 Å². The summed E-state index contributed by atoms with van der Waals surface area (Å²) in [6.07, 6.45) is 1.44. The smallest absolute Gasteiger partial charge is 0.241 e. The van der Waals surface area contributed by atoms with Crippen LogP contribution in [-0.2, 0) is 0 Å². The maximum atomic E-state index is 5.45. The molecule has 37 heavy (non-hydrogen) atoms. The van der Waals surface area contributed by atoms with Crippen LogP contribution in [-0.4, -0.2) is 52.9 Å². The zero-order valence-corrected chi connectivity index (χ0v) is 20.7. The molecule has 0 saturated carbocycles. The topological polar surface area (TPSA) is 117 Å². The first-order chi connectivity index (χ1) is 18.1. The molecule has 5 rings (SSSR count). The van der Waals surface area contributed by atoms with E-state index in [9.17, 15) is 0 Å². The van der Waals surface area contributed by atoms with Crippen LogP contribution < -0.4 is 29.6 Å². The first kappa shape index (κ1) is 23.7. The summed E-state index contributed by atoms with van der Waals surface area (Å²) in [7, 11) is 6.30. The van der Waals surface area contributed by atoms with E-state index in [-0.39, 0.29) is 0 Å². The van der Waals surface area contributed by atoms with Crippen LogP contribution in [0.5, 0.6) is 23.0 Å². The minimum atomic E-state index is 0.324. The Hall–Kier alpha value is -5.06. The first-order valence-electron chi connectivity index (χ1n) is 11.3. The van der Waals surface area contributed by atoms with Crippen molar-refractivity contribution < 1.29 is 18.9 Å². The fraction of sp³-hybridized carbons (Fsp3) is 0.154. The van der Waals surface area contributed by atoms with Gasteiger partial charge in [-0.1, -0.05) is 18.2 Å². The SMILES string of the molecule is COc1cccc(Nc2nc3ccccc3n2-c2ncnc(Nc3cc(OC)c(OC)c(OC)c3)n2)c1. The average Bonchev–Trinajstić information content (AvgIpc) is 3.30. The number of imidazole rings is 1. The Labute approximate surface area is 213 Å². The lowest BCUT2D eigenvalue weighted by atomic mass is 10.2. The Morgan fingerprint density at radius 3 is 2.22 bits per heavy atom. The van der Waals surface area contributed by atoms with E-state index in [1.54, 1.807) is 40.6 Å². The quantitative estimate of drug-likeness (QED) is 0.295. The molecule has 11 nitrogen and oxygen atoms in total. The molecule has 0 aliphatic rings. The van der Waals surface area contributed by atoms with Crippen molar-refractivity contribution in [1.29, 1.82) is 0 Å². The van der Waals surface area contributed by atoms with Gasteiger partial charge in [0.05, 0.1) is 39.5 Å². The van der Waals surface area contributed by atoms with E-state index in [0.29, 0.717) is 40.8 Å². The molecule has 0 fully saturated rings. The normalized spacial score (nSPS) is 10.7. The Bertz CT molecular complexity index is 1530. The summed E-state index contributed by atoms with van der Waals surface area (Å²) in [6.45, 7) is 0. The van der Waals surface area contributed by atoms with Crippen LogP contribution in [0.4, 0.5) is 23.3 Å². The number of hydrogen-bond donors (Lipinski definition) is 2. The number of para-hydroxylation sites is 2. The molecule has 3 aromatic carbocycles. The molecule has 2 N–H and O–H groups in total. The molecule has 11 heteroatoms. The van der Waals surface area contributed by atoms with Gasteiger partial charge < -0.3 is 29.6 Å². The highest BCUT2D eigenvalue weighted by Gasteiger charge is 2.17. The Balaban J connectivity index is 1.54. The Morgan fingerprint density at radius 2 is 1.49 bits per heavy atom. The highest BCUT2D eigenvalue weighted by Crippen LogP contribution is 2.40. The molecule has 0 spiro atoms. The second kappa shape index (κ2) is 10.3. The van der Waals surface area contributed by atoms with E-state index in [1.165, 1.54) is 6.33 Å². The molecule has 0 saturated heterocycles. The molecule has 5 aromatic rings. The largest absolute Gasteiger partial charge is 0.497 e. The van der Waals surface area contributed by atoms with Gasteiger partial charge in [0.25, 0.3) is 0 Å². The predicted octanol–water partition coefficient (Wildman–Crippen LogP) is 4.73. The van der Waals surface area contributed by atoms with Gasteiger partial charge in [0.2, 0.25) is 23.6 Å². The predicted molar refractivity (Wildman–Crippen MR) is 140 cm³/mol. The monoisotopic (exact) mass is 499 g/mol. The van der Waals surface area contributed by atoms with Gasteiger partial charge in [-0.15, -0.1) is 0 Å². The number of methoxy groups -OCH3 is 4. The minimum Gasteiger partial charge on any atom is -0.497 e. The standard InChI is InChI=1S/C26H25N7O4/c1-34-18-9-7-8-16(12-18)30-26-31-19-10-5-6-11-20(19)33(26)25-28-15-27-24(32-25)29-17-13-21(35-2)23(37-4)22(14-17)36-3/h5-15H,1-4H3,(H,30,31)(H,27,28,29,32). The molecule has 0 atom stereocenters. The number of aromatic nitrogens is 5. The number of fused-ring (bicyclic) bond motifs is 1. The molecule has 2 heterocycles. The van der Waals surface area contributed by atoms with E-state index >= 15 is 0 Å². The van der Waals surface area contributed by atoms with Crippen molar-refractivity contribution in [3.63, 3.8) is 0 Å². The van der Waals surface area contributed by atoms with E-state index in [2.05, 4.69) is 25.6 Å². The summed E-state index contributed by atoms with van der Waals surface area (Å²) >= 11 is 0. The first-order valence-corrected chi connectivity index (χ1v) is 11.3. The van der Waals surface area contributed by atoms with Gasteiger partial charge in [0, 0.05) is 29.6 Å². The Kier molecular flexibility index (Phi) is 6.58. The molecule has 0 amide bonds. The molecule has 188 valence electrons. The van der Waals surface area contributed by atoms with Crippen molar-refractivity contribution >= 4 is 34.3 Å². The van der Waals surface area contributed by atoms with Crippen LogP contribution in [0.3, 0.4) is 0 Å². The van der Waals surface area contributed by atoms with Crippen LogP contribution in [0.25, 0.3) is 17.0 Å². The van der Waals surface area contributed by atoms with Crippen LogP contribution in [0.15, 0.2) is 67.0 Å².